The average Bonchev–Trinajstić information content (AvgIpc) is 2.16. The van der Waals surface area contributed by atoms with Crippen LogP contribution in [0.15, 0.2) is 24.8 Å². The van der Waals surface area contributed by atoms with Crippen LogP contribution in [0.25, 0.3) is 5.57 Å². The number of hydrogen-bond acceptors (Lipinski definition) is 3. The standard InChI is InChI=1S/C10H11NO2.Y/c1-7(6-12)10-8(11-2)4-3-5-9(10)13;/h3-6,11,13H,1H2,2H3;. The molecule has 0 heterocycles. The topological polar surface area (TPSA) is 49.3 Å². The van der Waals surface area contributed by atoms with E-state index in [1.807, 2.05) is 0 Å². The van der Waals surface area contributed by atoms with Gasteiger partial charge in [0.1, 0.15) is 12.0 Å². The van der Waals surface area contributed by atoms with E-state index >= 15 is 0 Å². The minimum Gasteiger partial charge on any atom is -0.507 e. The van der Waals surface area contributed by atoms with Crippen molar-refractivity contribution in [2.24, 2.45) is 0 Å². The molecule has 0 spiro atoms. The summed E-state index contributed by atoms with van der Waals surface area (Å²) in [5.41, 5.74) is 1.42. The third kappa shape index (κ3) is 2.66. The zero-order valence-corrected chi connectivity index (χ0v) is 10.8. The quantitative estimate of drug-likeness (QED) is 0.646. The molecule has 0 aliphatic carbocycles. The smallest absolute Gasteiger partial charge is 0.150 e. The van der Waals surface area contributed by atoms with Crippen LogP contribution in [-0.2, 0) is 37.5 Å². The number of phenols is 1. The van der Waals surface area contributed by atoms with E-state index in [2.05, 4.69) is 11.9 Å². The van der Waals surface area contributed by atoms with E-state index in [-0.39, 0.29) is 44.0 Å². The number of phenolic OH excluding ortho intramolecular Hbond substituents is 1. The molecule has 0 saturated heterocycles. The Hall–Kier alpha value is -0.666. The summed E-state index contributed by atoms with van der Waals surface area (Å²) in [6.07, 6.45) is 0.621. The molecule has 1 rings (SSSR count). The van der Waals surface area contributed by atoms with Crippen molar-refractivity contribution < 1.29 is 42.6 Å². The van der Waals surface area contributed by atoms with E-state index in [1.165, 1.54) is 6.07 Å². The van der Waals surface area contributed by atoms with Crippen LogP contribution in [0, 0.1) is 0 Å². The third-order valence-electron chi connectivity index (χ3n) is 1.78. The number of allylic oxidation sites excluding steroid dienone is 1. The molecular weight excluding hydrogens is 255 g/mol. The second-order valence-corrected chi connectivity index (χ2v) is 2.59. The fourth-order valence-electron chi connectivity index (χ4n) is 1.14. The predicted molar refractivity (Wildman–Crippen MR) is 52.8 cm³/mol. The van der Waals surface area contributed by atoms with Gasteiger partial charge in [0.2, 0.25) is 0 Å². The van der Waals surface area contributed by atoms with Crippen LogP contribution in [0.5, 0.6) is 5.75 Å². The zero-order valence-electron chi connectivity index (χ0n) is 7.95. The minimum absolute atomic E-state index is 0. The van der Waals surface area contributed by atoms with Crippen molar-refractivity contribution >= 4 is 17.5 Å². The molecule has 71 valence electrons. The molecule has 3 nitrogen and oxygen atoms in total. The molecule has 1 radical (unpaired) electrons. The van der Waals surface area contributed by atoms with Crippen molar-refractivity contribution in [2.45, 2.75) is 0 Å². The van der Waals surface area contributed by atoms with Gasteiger partial charge in [-0.2, -0.15) is 0 Å². The molecule has 1 aromatic rings. The number of aromatic hydroxyl groups is 1. The SMILES string of the molecule is C=C(C=O)c1c(O)cccc1NC.[Y]. The molecule has 0 aliphatic heterocycles. The maximum Gasteiger partial charge on any atom is 0.150 e. The summed E-state index contributed by atoms with van der Waals surface area (Å²) < 4.78 is 0. The van der Waals surface area contributed by atoms with E-state index in [1.54, 1.807) is 19.2 Å². The number of nitrogens with one attached hydrogen (secondary N) is 1. The van der Waals surface area contributed by atoms with Gasteiger partial charge >= 0.3 is 0 Å². The normalized spacial score (nSPS) is 8.64. The summed E-state index contributed by atoms with van der Waals surface area (Å²) in [4.78, 5) is 10.5. The molecule has 0 aliphatic rings. The Kier molecular flexibility index (Phi) is 5.66. The van der Waals surface area contributed by atoms with Gasteiger partial charge in [-0.05, 0) is 12.1 Å². The first-order chi connectivity index (χ1) is 6.20. The third-order valence-corrected chi connectivity index (χ3v) is 1.78. The summed E-state index contributed by atoms with van der Waals surface area (Å²) in [5.74, 6) is 0.0592. The maximum atomic E-state index is 10.5. The number of benzene rings is 1. The van der Waals surface area contributed by atoms with Crippen molar-refractivity contribution in [3.05, 3.63) is 30.3 Å². The van der Waals surface area contributed by atoms with Crippen molar-refractivity contribution in [1.29, 1.82) is 0 Å². The van der Waals surface area contributed by atoms with Crippen LogP contribution in [0.2, 0.25) is 0 Å². The van der Waals surface area contributed by atoms with E-state index in [4.69, 9.17) is 0 Å². The van der Waals surface area contributed by atoms with Gasteiger partial charge in [-0.15, -0.1) is 0 Å². The summed E-state index contributed by atoms with van der Waals surface area (Å²) in [6.45, 7) is 3.54. The Bertz CT molecular complexity index is 350. The number of carbonyl (C=O) groups excluding carboxylic acids is 1. The number of carbonyl (C=O) groups is 1. The van der Waals surface area contributed by atoms with Crippen LogP contribution >= 0.6 is 0 Å². The van der Waals surface area contributed by atoms with Crippen molar-refractivity contribution in [1.82, 2.24) is 0 Å². The van der Waals surface area contributed by atoms with Crippen molar-refractivity contribution in [3.63, 3.8) is 0 Å². The molecule has 0 fully saturated rings. The van der Waals surface area contributed by atoms with E-state index in [0.717, 1.165) is 0 Å². The summed E-state index contributed by atoms with van der Waals surface area (Å²) >= 11 is 0. The number of anilines is 1. The molecule has 14 heavy (non-hydrogen) atoms. The molecule has 0 unspecified atom stereocenters. The molecule has 2 N–H and O–H groups in total. The first kappa shape index (κ1) is 13.3. The van der Waals surface area contributed by atoms with Gasteiger partial charge in [-0.25, -0.2) is 0 Å². The summed E-state index contributed by atoms with van der Waals surface area (Å²) in [6, 6.07) is 4.98. The fourth-order valence-corrected chi connectivity index (χ4v) is 1.14. The average molecular weight is 266 g/mol. The molecule has 4 heteroatoms. The van der Waals surface area contributed by atoms with Gasteiger partial charge in [0.05, 0.1) is 0 Å². The van der Waals surface area contributed by atoms with E-state index in [0.29, 0.717) is 17.5 Å². The Morgan fingerprint density at radius 1 is 1.57 bits per heavy atom. The summed E-state index contributed by atoms with van der Waals surface area (Å²) in [7, 11) is 1.72. The summed E-state index contributed by atoms with van der Waals surface area (Å²) in [5, 5.41) is 12.3. The Balaban J connectivity index is 0.00000169. The zero-order chi connectivity index (χ0) is 9.84. The first-order valence-corrected chi connectivity index (χ1v) is 3.85. The molecular formula is C10H11NO2Y. The number of aldehydes is 1. The van der Waals surface area contributed by atoms with Crippen molar-refractivity contribution in [2.75, 3.05) is 12.4 Å². The van der Waals surface area contributed by atoms with Gasteiger partial charge in [0.25, 0.3) is 0 Å². The second kappa shape index (κ2) is 5.94. The van der Waals surface area contributed by atoms with Gasteiger partial charge < -0.3 is 10.4 Å². The molecule has 0 atom stereocenters. The van der Waals surface area contributed by atoms with Crippen LogP contribution in [-0.4, -0.2) is 18.4 Å². The van der Waals surface area contributed by atoms with Gasteiger partial charge in [-0.3, -0.25) is 4.79 Å². The fraction of sp³-hybridized carbons (Fsp3) is 0.100. The predicted octanol–water partition coefficient (Wildman–Crippen LogP) is 1.64. The molecule has 0 bridgehead atoms. The Morgan fingerprint density at radius 3 is 2.71 bits per heavy atom. The Labute approximate surface area is 108 Å². The number of hydrogen-bond donors (Lipinski definition) is 2. The number of rotatable bonds is 3. The first-order valence-electron chi connectivity index (χ1n) is 3.85. The molecule has 0 saturated carbocycles. The van der Waals surface area contributed by atoms with Gasteiger partial charge in [0, 0.05) is 56.6 Å². The van der Waals surface area contributed by atoms with Crippen LogP contribution < -0.4 is 5.32 Å². The molecule has 0 aromatic heterocycles. The largest absolute Gasteiger partial charge is 0.507 e. The van der Waals surface area contributed by atoms with Gasteiger partial charge in [0.15, 0.2) is 0 Å². The van der Waals surface area contributed by atoms with Crippen LogP contribution in [0.4, 0.5) is 5.69 Å². The Morgan fingerprint density at radius 2 is 2.21 bits per heavy atom. The minimum atomic E-state index is 0. The molecule has 0 amide bonds. The van der Waals surface area contributed by atoms with Crippen LogP contribution in [0.3, 0.4) is 0 Å². The van der Waals surface area contributed by atoms with Gasteiger partial charge in [-0.1, -0.05) is 12.6 Å². The van der Waals surface area contributed by atoms with Crippen LogP contribution in [0.1, 0.15) is 5.56 Å². The van der Waals surface area contributed by atoms with E-state index < -0.39 is 0 Å². The van der Waals surface area contributed by atoms with E-state index in [9.17, 15) is 9.90 Å². The monoisotopic (exact) mass is 266 g/mol. The van der Waals surface area contributed by atoms with Crippen molar-refractivity contribution in [3.8, 4) is 5.75 Å². The maximum absolute atomic E-state index is 10.5. The second-order valence-electron chi connectivity index (χ2n) is 2.59. The molecule has 1 aromatic carbocycles.